The van der Waals surface area contributed by atoms with Gasteiger partial charge in [-0.15, -0.1) is 0 Å². The molecule has 0 unspecified atom stereocenters. The maximum Gasteiger partial charge on any atom is 0.226 e. The summed E-state index contributed by atoms with van der Waals surface area (Å²) >= 11 is 0. The molecule has 1 amide bonds. The van der Waals surface area contributed by atoms with Gasteiger partial charge >= 0.3 is 0 Å². The number of hydrogen-bond acceptors (Lipinski definition) is 2. The van der Waals surface area contributed by atoms with E-state index in [0.29, 0.717) is 5.91 Å². The molecule has 0 saturated carbocycles. The van der Waals surface area contributed by atoms with Gasteiger partial charge in [-0.1, -0.05) is 72.8 Å². The van der Waals surface area contributed by atoms with Crippen molar-refractivity contribution in [3.05, 3.63) is 83.9 Å². The quantitative estimate of drug-likeness (QED) is 0.760. The van der Waals surface area contributed by atoms with Crippen LogP contribution in [-0.4, -0.2) is 41.9 Å². The van der Waals surface area contributed by atoms with Gasteiger partial charge in [0.25, 0.3) is 0 Å². The average molecular weight is 361 g/mol. The molecule has 0 bridgehead atoms. The molecule has 0 aromatic heterocycles. The number of nitrogens with zero attached hydrogens (tertiary/aromatic N) is 2. The molecule has 0 N–H and O–H groups in total. The van der Waals surface area contributed by atoms with E-state index in [1.54, 1.807) is 0 Å². The van der Waals surface area contributed by atoms with Crippen LogP contribution in [0, 0.1) is 5.92 Å². The van der Waals surface area contributed by atoms with Crippen molar-refractivity contribution in [2.75, 3.05) is 26.2 Å². The number of benzene rings is 2. The monoisotopic (exact) mass is 360 g/mol. The Morgan fingerprint density at radius 3 is 1.93 bits per heavy atom. The molecular weight excluding hydrogens is 332 g/mol. The molecule has 1 saturated heterocycles. The van der Waals surface area contributed by atoms with Crippen molar-refractivity contribution < 1.29 is 4.79 Å². The number of carbonyl (C=O) groups is 1. The van der Waals surface area contributed by atoms with Crippen molar-refractivity contribution in [1.82, 2.24) is 9.80 Å². The first-order chi connectivity index (χ1) is 13.3. The summed E-state index contributed by atoms with van der Waals surface area (Å²) in [5.74, 6) is 0.551. The SMILES string of the molecule is O=C([C@@H]1CC=CCC1)N1CCN(C(c2ccccc2)c2ccccc2)CC1. The van der Waals surface area contributed by atoms with Crippen LogP contribution in [0.4, 0.5) is 0 Å². The predicted octanol–water partition coefficient (Wildman–Crippen LogP) is 4.28. The van der Waals surface area contributed by atoms with E-state index in [1.807, 2.05) is 0 Å². The van der Waals surface area contributed by atoms with Gasteiger partial charge in [0.05, 0.1) is 6.04 Å². The molecule has 27 heavy (non-hydrogen) atoms. The molecule has 2 aromatic rings. The number of carbonyl (C=O) groups excluding carboxylic acids is 1. The molecule has 3 heteroatoms. The van der Waals surface area contributed by atoms with E-state index in [-0.39, 0.29) is 12.0 Å². The first-order valence-corrected chi connectivity index (χ1v) is 10.1. The zero-order valence-electron chi connectivity index (χ0n) is 15.8. The molecule has 140 valence electrons. The fourth-order valence-electron chi connectivity index (χ4n) is 4.36. The molecule has 2 aliphatic rings. The van der Waals surface area contributed by atoms with E-state index in [0.717, 1.165) is 45.4 Å². The molecular formula is C24H28N2O. The first-order valence-electron chi connectivity index (χ1n) is 10.1. The van der Waals surface area contributed by atoms with Gasteiger partial charge in [-0.25, -0.2) is 0 Å². The largest absolute Gasteiger partial charge is 0.340 e. The summed E-state index contributed by atoms with van der Waals surface area (Å²) in [5, 5.41) is 0. The maximum absolute atomic E-state index is 12.8. The Bertz CT molecular complexity index is 724. The summed E-state index contributed by atoms with van der Waals surface area (Å²) in [6.07, 6.45) is 7.33. The average Bonchev–Trinajstić information content (AvgIpc) is 2.76. The van der Waals surface area contributed by atoms with Gasteiger partial charge in [0.15, 0.2) is 0 Å². The Balaban J connectivity index is 1.47. The van der Waals surface area contributed by atoms with E-state index in [4.69, 9.17) is 0 Å². The molecule has 1 heterocycles. The molecule has 2 aromatic carbocycles. The minimum atomic E-state index is 0.195. The van der Waals surface area contributed by atoms with E-state index < -0.39 is 0 Å². The van der Waals surface area contributed by atoms with Crippen LogP contribution in [0.25, 0.3) is 0 Å². The fraction of sp³-hybridized carbons (Fsp3) is 0.375. The van der Waals surface area contributed by atoms with Crippen molar-refractivity contribution in [3.63, 3.8) is 0 Å². The lowest BCUT2D eigenvalue weighted by Gasteiger charge is -2.40. The number of piperazine rings is 1. The van der Waals surface area contributed by atoms with Crippen molar-refractivity contribution in [1.29, 1.82) is 0 Å². The van der Waals surface area contributed by atoms with Crippen LogP contribution in [-0.2, 0) is 4.79 Å². The lowest BCUT2D eigenvalue weighted by Crippen LogP contribution is -2.51. The van der Waals surface area contributed by atoms with Crippen molar-refractivity contribution in [2.24, 2.45) is 5.92 Å². The zero-order valence-corrected chi connectivity index (χ0v) is 15.8. The minimum Gasteiger partial charge on any atom is -0.340 e. The molecule has 1 atom stereocenters. The highest BCUT2D eigenvalue weighted by molar-refractivity contribution is 5.79. The standard InChI is InChI=1S/C24H28N2O/c27-24(22-14-8-3-9-15-22)26-18-16-25(17-19-26)23(20-10-4-1-5-11-20)21-12-6-2-7-13-21/h1-8,10-13,22-23H,9,14-19H2/t22-/m1/s1. The summed E-state index contributed by atoms with van der Waals surface area (Å²) in [4.78, 5) is 17.5. The maximum atomic E-state index is 12.8. The molecule has 3 nitrogen and oxygen atoms in total. The van der Waals surface area contributed by atoms with Gasteiger partial charge in [0, 0.05) is 32.1 Å². The first kappa shape index (κ1) is 18.0. The Labute approximate surface area is 162 Å². The van der Waals surface area contributed by atoms with Crippen LogP contribution < -0.4 is 0 Å². The molecule has 1 aliphatic carbocycles. The highest BCUT2D eigenvalue weighted by Crippen LogP contribution is 2.30. The van der Waals surface area contributed by atoms with Gasteiger partial charge < -0.3 is 4.90 Å². The summed E-state index contributed by atoms with van der Waals surface area (Å²) in [7, 11) is 0. The van der Waals surface area contributed by atoms with Gasteiger partial charge in [0.2, 0.25) is 5.91 Å². The molecule has 0 radical (unpaired) electrons. The lowest BCUT2D eigenvalue weighted by atomic mass is 9.92. The van der Waals surface area contributed by atoms with Crippen LogP contribution in [0.2, 0.25) is 0 Å². The lowest BCUT2D eigenvalue weighted by molar-refractivity contribution is -0.137. The highest BCUT2D eigenvalue weighted by Gasteiger charge is 2.30. The summed E-state index contributed by atoms with van der Waals surface area (Å²) in [5.41, 5.74) is 2.64. The Hall–Kier alpha value is -2.39. The second-order valence-corrected chi connectivity index (χ2v) is 7.57. The summed E-state index contributed by atoms with van der Waals surface area (Å²) in [6.45, 7) is 3.50. The van der Waals surface area contributed by atoms with Crippen LogP contribution in [0.3, 0.4) is 0 Å². The second-order valence-electron chi connectivity index (χ2n) is 7.57. The zero-order chi connectivity index (χ0) is 18.5. The van der Waals surface area contributed by atoms with Crippen molar-refractivity contribution in [3.8, 4) is 0 Å². The topological polar surface area (TPSA) is 23.6 Å². The number of rotatable bonds is 4. The predicted molar refractivity (Wildman–Crippen MR) is 109 cm³/mol. The van der Waals surface area contributed by atoms with Crippen LogP contribution in [0.15, 0.2) is 72.8 Å². The smallest absolute Gasteiger partial charge is 0.226 e. The van der Waals surface area contributed by atoms with Gasteiger partial charge in [0.1, 0.15) is 0 Å². The third-order valence-electron chi connectivity index (χ3n) is 5.84. The highest BCUT2D eigenvalue weighted by atomic mass is 16.2. The third-order valence-corrected chi connectivity index (χ3v) is 5.84. The minimum absolute atomic E-state index is 0.195. The fourth-order valence-corrected chi connectivity index (χ4v) is 4.36. The van der Waals surface area contributed by atoms with E-state index in [9.17, 15) is 4.79 Å². The number of hydrogen-bond donors (Lipinski definition) is 0. The summed E-state index contributed by atoms with van der Waals surface area (Å²) in [6, 6.07) is 21.7. The van der Waals surface area contributed by atoms with Gasteiger partial charge in [-0.05, 0) is 30.4 Å². The summed E-state index contributed by atoms with van der Waals surface area (Å²) < 4.78 is 0. The van der Waals surface area contributed by atoms with E-state index >= 15 is 0 Å². The Kier molecular flexibility index (Phi) is 5.69. The number of allylic oxidation sites excluding steroid dienone is 2. The Morgan fingerprint density at radius 2 is 1.41 bits per heavy atom. The van der Waals surface area contributed by atoms with E-state index in [2.05, 4.69) is 82.6 Å². The van der Waals surface area contributed by atoms with E-state index in [1.165, 1.54) is 11.1 Å². The normalized spacial score (nSPS) is 20.8. The van der Waals surface area contributed by atoms with Gasteiger partial charge in [-0.3, -0.25) is 9.69 Å². The number of amides is 1. The van der Waals surface area contributed by atoms with Crippen LogP contribution in [0.1, 0.15) is 36.4 Å². The van der Waals surface area contributed by atoms with Gasteiger partial charge in [-0.2, -0.15) is 0 Å². The molecule has 1 aliphatic heterocycles. The van der Waals surface area contributed by atoms with Crippen LogP contribution >= 0.6 is 0 Å². The third kappa shape index (κ3) is 4.14. The second kappa shape index (κ2) is 8.53. The molecule has 0 spiro atoms. The van der Waals surface area contributed by atoms with Crippen molar-refractivity contribution in [2.45, 2.75) is 25.3 Å². The Morgan fingerprint density at radius 1 is 0.815 bits per heavy atom. The molecule has 4 rings (SSSR count). The van der Waals surface area contributed by atoms with Crippen LogP contribution in [0.5, 0.6) is 0 Å². The molecule has 1 fully saturated rings. The van der Waals surface area contributed by atoms with Crippen molar-refractivity contribution >= 4 is 5.91 Å².